The molecule has 0 radical (unpaired) electrons. The third-order valence-corrected chi connectivity index (χ3v) is 4.13. The van der Waals surface area contributed by atoms with Gasteiger partial charge in [-0.1, -0.05) is 32.0 Å². The molecule has 0 aliphatic carbocycles. The maximum atomic E-state index is 11.9. The first-order valence-corrected chi connectivity index (χ1v) is 9.90. The lowest BCUT2D eigenvalue weighted by molar-refractivity contribution is -0.137. The van der Waals surface area contributed by atoms with Crippen LogP contribution in [0.2, 0.25) is 0 Å². The van der Waals surface area contributed by atoms with Crippen LogP contribution in [0.4, 0.5) is 5.69 Å². The highest BCUT2D eigenvalue weighted by Crippen LogP contribution is 2.29. The molecule has 5 heteroatoms. The molecule has 0 saturated heterocycles. The molecule has 0 bridgehead atoms. The van der Waals surface area contributed by atoms with Crippen LogP contribution in [-0.2, 0) is 4.79 Å². The van der Waals surface area contributed by atoms with Crippen LogP contribution < -0.4 is 14.2 Å². The zero-order chi connectivity index (χ0) is 21.3. The monoisotopic (exact) mass is 403 g/mol. The van der Waals surface area contributed by atoms with E-state index in [0.717, 1.165) is 22.7 Å². The Morgan fingerprint density at radius 2 is 1.63 bits per heavy atom. The molecule has 0 spiro atoms. The van der Waals surface area contributed by atoms with Gasteiger partial charge in [0.1, 0.15) is 11.5 Å². The molecular weight excluding hydrogens is 378 g/mol. The van der Waals surface area contributed by atoms with Crippen LogP contribution in [0.5, 0.6) is 23.0 Å². The van der Waals surface area contributed by atoms with E-state index in [1.807, 2.05) is 73.7 Å². The van der Waals surface area contributed by atoms with E-state index >= 15 is 0 Å². The summed E-state index contributed by atoms with van der Waals surface area (Å²) in [7, 11) is 0. The smallest absolute Gasteiger partial charge is 0.313 e. The Labute approximate surface area is 176 Å². The van der Waals surface area contributed by atoms with Crippen LogP contribution in [0.1, 0.15) is 26.3 Å². The number of hydrogen-bond acceptors (Lipinski definition) is 5. The molecular formula is C25H25NO4. The fourth-order valence-corrected chi connectivity index (χ4v) is 2.56. The zero-order valence-electron chi connectivity index (χ0n) is 17.4. The van der Waals surface area contributed by atoms with Gasteiger partial charge in [-0.3, -0.25) is 9.79 Å². The SMILES string of the molecule is CCOc1cc(C=Nc2ccc(Oc3ccccc3)cc2)ccc1OC(=O)C(C)C. The van der Waals surface area contributed by atoms with Gasteiger partial charge in [-0.05, 0) is 67.1 Å². The van der Waals surface area contributed by atoms with Gasteiger partial charge < -0.3 is 14.2 Å². The maximum Gasteiger partial charge on any atom is 0.313 e. The van der Waals surface area contributed by atoms with E-state index in [1.54, 1.807) is 26.1 Å². The summed E-state index contributed by atoms with van der Waals surface area (Å²) in [6.07, 6.45) is 1.74. The molecule has 0 amide bonds. The van der Waals surface area contributed by atoms with E-state index < -0.39 is 0 Å². The number of aliphatic imine (C=N–C) groups is 1. The molecule has 0 aliphatic rings. The van der Waals surface area contributed by atoms with Gasteiger partial charge >= 0.3 is 5.97 Å². The van der Waals surface area contributed by atoms with Crippen LogP contribution in [0.25, 0.3) is 0 Å². The minimum Gasteiger partial charge on any atom is -0.490 e. The number of benzene rings is 3. The van der Waals surface area contributed by atoms with Crippen molar-refractivity contribution in [3.05, 3.63) is 78.4 Å². The Balaban J connectivity index is 1.70. The first-order valence-electron chi connectivity index (χ1n) is 9.90. The Hall–Kier alpha value is -3.60. The summed E-state index contributed by atoms with van der Waals surface area (Å²) in [6, 6.07) is 22.5. The zero-order valence-corrected chi connectivity index (χ0v) is 17.4. The fraction of sp³-hybridized carbons (Fsp3) is 0.200. The maximum absolute atomic E-state index is 11.9. The lowest BCUT2D eigenvalue weighted by atomic mass is 10.2. The summed E-state index contributed by atoms with van der Waals surface area (Å²) in [4.78, 5) is 16.4. The van der Waals surface area contributed by atoms with Gasteiger partial charge in [0.05, 0.1) is 18.2 Å². The minimum atomic E-state index is -0.296. The summed E-state index contributed by atoms with van der Waals surface area (Å²) >= 11 is 0. The predicted octanol–water partition coefficient (Wildman–Crippen LogP) is 6.19. The average molecular weight is 403 g/mol. The molecule has 3 rings (SSSR count). The second-order valence-corrected chi connectivity index (χ2v) is 6.88. The molecule has 3 aromatic rings. The summed E-state index contributed by atoms with van der Waals surface area (Å²) in [6.45, 7) is 5.93. The third kappa shape index (κ3) is 5.95. The minimum absolute atomic E-state index is 0.213. The molecule has 0 atom stereocenters. The van der Waals surface area contributed by atoms with Gasteiger partial charge in [-0.2, -0.15) is 0 Å². The van der Waals surface area contributed by atoms with Gasteiger partial charge in [0, 0.05) is 6.21 Å². The Kier molecular flexibility index (Phi) is 7.22. The summed E-state index contributed by atoms with van der Waals surface area (Å²) in [5, 5.41) is 0. The quantitative estimate of drug-likeness (QED) is 0.256. The van der Waals surface area contributed by atoms with Gasteiger partial charge in [0.15, 0.2) is 11.5 Å². The molecule has 0 fully saturated rings. The molecule has 154 valence electrons. The molecule has 30 heavy (non-hydrogen) atoms. The first-order chi connectivity index (χ1) is 14.5. The molecule has 0 N–H and O–H groups in total. The van der Waals surface area contributed by atoms with Crippen LogP contribution >= 0.6 is 0 Å². The van der Waals surface area contributed by atoms with E-state index in [-0.39, 0.29) is 11.9 Å². The van der Waals surface area contributed by atoms with Crippen molar-refractivity contribution in [3.8, 4) is 23.0 Å². The van der Waals surface area contributed by atoms with E-state index in [1.165, 1.54) is 0 Å². The highest BCUT2D eigenvalue weighted by atomic mass is 16.6. The van der Waals surface area contributed by atoms with Crippen molar-refractivity contribution in [3.63, 3.8) is 0 Å². The second-order valence-electron chi connectivity index (χ2n) is 6.88. The number of ether oxygens (including phenoxy) is 3. The van der Waals surface area contributed by atoms with Gasteiger partial charge in [-0.15, -0.1) is 0 Å². The standard InChI is InChI=1S/C25H25NO4/c1-4-28-24-16-19(10-15-23(24)30-25(27)18(2)3)17-26-20-11-13-22(14-12-20)29-21-8-6-5-7-9-21/h5-18H,4H2,1-3H3. The lowest BCUT2D eigenvalue weighted by Crippen LogP contribution is -2.15. The molecule has 3 aromatic carbocycles. The number of esters is 1. The molecule has 0 aliphatic heterocycles. The number of nitrogens with zero attached hydrogens (tertiary/aromatic N) is 1. The van der Waals surface area contributed by atoms with Gasteiger partial charge in [-0.25, -0.2) is 0 Å². The lowest BCUT2D eigenvalue weighted by Gasteiger charge is -2.12. The Morgan fingerprint density at radius 1 is 0.933 bits per heavy atom. The second kappa shape index (κ2) is 10.3. The average Bonchev–Trinajstić information content (AvgIpc) is 2.75. The third-order valence-electron chi connectivity index (χ3n) is 4.13. The van der Waals surface area contributed by atoms with Crippen LogP contribution in [0.3, 0.4) is 0 Å². The van der Waals surface area contributed by atoms with Gasteiger partial charge in [0.2, 0.25) is 0 Å². The van der Waals surface area contributed by atoms with Crippen molar-refractivity contribution < 1.29 is 19.0 Å². The van der Waals surface area contributed by atoms with E-state index in [4.69, 9.17) is 14.2 Å². The summed E-state index contributed by atoms with van der Waals surface area (Å²) in [5.74, 6) is 1.95. The largest absolute Gasteiger partial charge is 0.490 e. The number of hydrogen-bond donors (Lipinski definition) is 0. The van der Waals surface area contributed by atoms with Crippen molar-refractivity contribution >= 4 is 17.9 Å². The Morgan fingerprint density at radius 3 is 2.30 bits per heavy atom. The van der Waals surface area contributed by atoms with Crippen molar-refractivity contribution in [2.45, 2.75) is 20.8 Å². The predicted molar refractivity (Wildman–Crippen MR) is 118 cm³/mol. The summed E-state index contributed by atoms with van der Waals surface area (Å²) < 4.78 is 16.8. The molecule has 0 aromatic heterocycles. The number of para-hydroxylation sites is 1. The topological polar surface area (TPSA) is 57.1 Å². The van der Waals surface area contributed by atoms with Crippen molar-refractivity contribution in [1.82, 2.24) is 0 Å². The normalized spacial score (nSPS) is 10.9. The van der Waals surface area contributed by atoms with Crippen LogP contribution in [-0.4, -0.2) is 18.8 Å². The van der Waals surface area contributed by atoms with Crippen molar-refractivity contribution in [2.75, 3.05) is 6.61 Å². The molecule has 5 nitrogen and oxygen atoms in total. The van der Waals surface area contributed by atoms with Crippen LogP contribution in [0.15, 0.2) is 77.8 Å². The fourth-order valence-electron chi connectivity index (χ4n) is 2.56. The Bertz CT molecular complexity index is 995. The van der Waals surface area contributed by atoms with Gasteiger partial charge in [0.25, 0.3) is 0 Å². The first kappa shape index (κ1) is 21.1. The number of carbonyl (C=O) groups excluding carboxylic acids is 1. The molecule has 0 heterocycles. The molecule has 0 saturated carbocycles. The number of carbonyl (C=O) groups is 1. The highest BCUT2D eigenvalue weighted by molar-refractivity contribution is 5.83. The highest BCUT2D eigenvalue weighted by Gasteiger charge is 2.14. The number of rotatable bonds is 8. The molecule has 0 unspecified atom stereocenters. The van der Waals surface area contributed by atoms with Crippen molar-refractivity contribution in [2.24, 2.45) is 10.9 Å². The van der Waals surface area contributed by atoms with E-state index in [2.05, 4.69) is 4.99 Å². The van der Waals surface area contributed by atoms with E-state index in [9.17, 15) is 4.79 Å². The van der Waals surface area contributed by atoms with Crippen molar-refractivity contribution in [1.29, 1.82) is 0 Å². The summed E-state index contributed by atoms with van der Waals surface area (Å²) in [5.41, 5.74) is 1.64. The van der Waals surface area contributed by atoms with Crippen LogP contribution in [0, 0.1) is 5.92 Å². The van der Waals surface area contributed by atoms with E-state index in [0.29, 0.717) is 18.1 Å².